The molecule has 1 aromatic rings. The highest BCUT2D eigenvalue weighted by Crippen LogP contribution is 2.16. The molecule has 0 bridgehead atoms. The van der Waals surface area contributed by atoms with Crippen molar-refractivity contribution >= 4 is 17.5 Å². The molecule has 0 aliphatic heterocycles. The molecule has 0 saturated carbocycles. The van der Waals surface area contributed by atoms with Crippen molar-refractivity contribution in [3.8, 4) is 0 Å². The first-order chi connectivity index (χ1) is 9.10. The van der Waals surface area contributed by atoms with Gasteiger partial charge in [0.1, 0.15) is 17.5 Å². The average molecular weight is 266 g/mol. The lowest BCUT2D eigenvalue weighted by atomic mass is 10.3. The third-order valence-electron chi connectivity index (χ3n) is 2.68. The van der Waals surface area contributed by atoms with Gasteiger partial charge in [0.05, 0.1) is 6.54 Å². The maximum absolute atomic E-state index is 11.2. The van der Waals surface area contributed by atoms with Gasteiger partial charge in [-0.05, 0) is 6.42 Å². The molecule has 0 aliphatic rings. The van der Waals surface area contributed by atoms with E-state index in [0.29, 0.717) is 23.9 Å². The van der Waals surface area contributed by atoms with Gasteiger partial charge in [-0.25, -0.2) is 15.8 Å². The molecule has 0 radical (unpaired) electrons. The van der Waals surface area contributed by atoms with Crippen LogP contribution in [0, 0.1) is 0 Å². The number of primary amides is 1. The number of carbonyl (C=O) groups is 1. The van der Waals surface area contributed by atoms with Gasteiger partial charge in [-0.2, -0.15) is 0 Å². The first kappa shape index (κ1) is 15.2. The number of unbranched alkanes of at least 4 members (excludes halogenated alkanes) is 1. The van der Waals surface area contributed by atoms with Crippen LogP contribution < -0.4 is 21.9 Å². The van der Waals surface area contributed by atoms with Crippen molar-refractivity contribution in [1.29, 1.82) is 0 Å². The Morgan fingerprint density at radius 3 is 2.68 bits per heavy atom. The molecule has 1 aromatic heterocycles. The van der Waals surface area contributed by atoms with E-state index >= 15 is 0 Å². The number of nitrogen functional groups attached to an aromatic ring is 1. The predicted molar refractivity (Wildman–Crippen MR) is 75.5 cm³/mol. The van der Waals surface area contributed by atoms with Crippen LogP contribution in [0.3, 0.4) is 0 Å². The predicted octanol–water partition coefficient (Wildman–Crippen LogP) is 0.416. The van der Waals surface area contributed by atoms with Gasteiger partial charge in [-0.15, -0.1) is 0 Å². The summed E-state index contributed by atoms with van der Waals surface area (Å²) in [4.78, 5) is 21.6. The fraction of sp³-hybridized carbons (Fsp3) is 0.583. The molecular weight excluding hydrogens is 244 g/mol. The minimum Gasteiger partial charge on any atom is -0.368 e. The first-order valence-corrected chi connectivity index (χ1v) is 6.48. The fourth-order valence-electron chi connectivity index (χ4n) is 1.69. The van der Waals surface area contributed by atoms with Crippen molar-refractivity contribution in [2.24, 2.45) is 11.6 Å². The molecule has 0 unspecified atom stereocenters. The van der Waals surface area contributed by atoms with Crippen LogP contribution >= 0.6 is 0 Å². The molecule has 1 amide bonds. The molecule has 0 atom stereocenters. The lowest BCUT2D eigenvalue weighted by Crippen LogP contribution is -2.35. The number of hydrazine groups is 1. The summed E-state index contributed by atoms with van der Waals surface area (Å²) in [7, 11) is 0. The zero-order valence-electron chi connectivity index (χ0n) is 11.5. The summed E-state index contributed by atoms with van der Waals surface area (Å²) in [6, 6.07) is 1.72. The minimum atomic E-state index is -0.380. The van der Waals surface area contributed by atoms with E-state index in [0.717, 1.165) is 19.4 Å². The van der Waals surface area contributed by atoms with Gasteiger partial charge in [0.15, 0.2) is 0 Å². The molecule has 0 aliphatic carbocycles. The van der Waals surface area contributed by atoms with Gasteiger partial charge in [-0.3, -0.25) is 4.79 Å². The van der Waals surface area contributed by atoms with E-state index in [-0.39, 0.29) is 12.5 Å². The summed E-state index contributed by atoms with van der Waals surface area (Å²) in [6.45, 7) is 4.92. The van der Waals surface area contributed by atoms with E-state index in [1.807, 2.05) is 11.8 Å². The highest BCUT2D eigenvalue weighted by molar-refractivity contribution is 5.79. The zero-order valence-corrected chi connectivity index (χ0v) is 11.5. The van der Waals surface area contributed by atoms with Crippen LogP contribution in [0.1, 0.15) is 32.5 Å². The lowest BCUT2D eigenvalue weighted by molar-refractivity contribution is -0.116. The van der Waals surface area contributed by atoms with Crippen molar-refractivity contribution in [1.82, 2.24) is 9.97 Å². The number of nitrogens with one attached hydrogen (secondary N) is 1. The normalized spacial score (nSPS) is 10.3. The molecule has 0 fully saturated rings. The Hall–Kier alpha value is -1.89. The first-order valence-electron chi connectivity index (χ1n) is 6.48. The van der Waals surface area contributed by atoms with E-state index in [1.54, 1.807) is 6.07 Å². The second-order valence-corrected chi connectivity index (χ2v) is 4.27. The second-order valence-electron chi connectivity index (χ2n) is 4.27. The molecule has 1 heterocycles. The van der Waals surface area contributed by atoms with Crippen LogP contribution in [0.5, 0.6) is 0 Å². The van der Waals surface area contributed by atoms with Crippen LogP contribution in [-0.4, -0.2) is 29.0 Å². The maximum atomic E-state index is 11.2. The molecule has 0 aromatic carbocycles. The summed E-state index contributed by atoms with van der Waals surface area (Å²) < 4.78 is 0. The molecular formula is C12H22N6O. The highest BCUT2D eigenvalue weighted by atomic mass is 16.1. The number of hydrogen-bond acceptors (Lipinski definition) is 6. The molecule has 0 saturated heterocycles. The fourth-order valence-corrected chi connectivity index (χ4v) is 1.69. The number of aryl methyl sites for hydroxylation is 1. The summed E-state index contributed by atoms with van der Waals surface area (Å²) in [5.74, 6) is 6.90. The smallest absolute Gasteiger partial charge is 0.236 e. The number of rotatable bonds is 8. The summed E-state index contributed by atoms with van der Waals surface area (Å²) in [5.41, 5.74) is 7.79. The highest BCUT2D eigenvalue weighted by Gasteiger charge is 2.13. The van der Waals surface area contributed by atoms with Gasteiger partial charge in [-0.1, -0.05) is 20.3 Å². The Morgan fingerprint density at radius 2 is 2.16 bits per heavy atom. The van der Waals surface area contributed by atoms with Crippen LogP contribution in [0.25, 0.3) is 0 Å². The average Bonchev–Trinajstić information content (AvgIpc) is 2.42. The summed E-state index contributed by atoms with van der Waals surface area (Å²) in [5, 5.41) is 0. The van der Waals surface area contributed by atoms with Crippen LogP contribution in [0.2, 0.25) is 0 Å². The van der Waals surface area contributed by atoms with Crippen molar-refractivity contribution in [3.05, 3.63) is 11.9 Å². The van der Waals surface area contributed by atoms with Crippen molar-refractivity contribution in [3.63, 3.8) is 0 Å². The van der Waals surface area contributed by atoms with E-state index in [4.69, 9.17) is 11.6 Å². The zero-order chi connectivity index (χ0) is 14.3. The van der Waals surface area contributed by atoms with Crippen LogP contribution in [0.4, 0.5) is 11.6 Å². The number of nitrogens with two attached hydrogens (primary N) is 2. The molecule has 7 heteroatoms. The number of aromatic nitrogens is 2. The third-order valence-corrected chi connectivity index (χ3v) is 2.68. The number of amides is 1. The standard InChI is InChI=1S/C12H22N6O/c1-3-5-6-18(8-9(13)19)12-7-11(17-14)15-10(4-2)16-12/h7H,3-6,8,14H2,1-2H3,(H2,13,19)(H,15,16,17). The lowest BCUT2D eigenvalue weighted by Gasteiger charge is -2.22. The quantitative estimate of drug-likeness (QED) is 0.464. The Labute approximate surface area is 113 Å². The number of nitrogens with zero attached hydrogens (tertiary/aromatic N) is 3. The number of anilines is 2. The molecule has 0 spiro atoms. The Balaban J connectivity index is 3.01. The monoisotopic (exact) mass is 266 g/mol. The minimum absolute atomic E-state index is 0.143. The molecule has 19 heavy (non-hydrogen) atoms. The summed E-state index contributed by atoms with van der Waals surface area (Å²) in [6.07, 6.45) is 2.69. The van der Waals surface area contributed by atoms with Gasteiger partial charge in [0.25, 0.3) is 0 Å². The van der Waals surface area contributed by atoms with E-state index in [1.165, 1.54) is 0 Å². The molecule has 5 N–H and O–H groups in total. The molecule has 1 rings (SSSR count). The Morgan fingerprint density at radius 1 is 1.42 bits per heavy atom. The van der Waals surface area contributed by atoms with Crippen molar-refractivity contribution < 1.29 is 4.79 Å². The van der Waals surface area contributed by atoms with Crippen molar-refractivity contribution in [2.45, 2.75) is 33.1 Å². The Bertz CT molecular complexity index is 400. The summed E-state index contributed by atoms with van der Waals surface area (Å²) >= 11 is 0. The van der Waals surface area contributed by atoms with E-state index in [9.17, 15) is 4.79 Å². The topological polar surface area (TPSA) is 110 Å². The largest absolute Gasteiger partial charge is 0.368 e. The third kappa shape index (κ3) is 4.70. The number of carbonyl (C=O) groups excluding carboxylic acids is 1. The van der Waals surface area contributed by atoms with Gasteiger partial charge in [0.2, 0.25) is 5.91 Å². The van der Waals surface area contributed by atoms with Crippen LogP contribution in [0.15, 0.2) is 6.07 Å². The van der Waals surface area contributed by atoms with Gasteiger partial charge >= 0.3 is 0 Å². The molecule has 106 valence electrons. The van der Waals surface area contributed by atoms with Crippen molar-refractivity contribution in [2.75, 3.05) is 23.4 Å². The Kier molecular flexibility index (Phi) is 6.01. The van der Waals surface area contributed by atoms with Gasteiger partial charge < -0.3 is 16.1 Å². The van der Waals surface area contributed by atoms with E-state index < -0.39 is 0 Å². The second kappa shape index (κ2) is 7.52. The van der Waals surface area contributed by atoms with Crippen LogP contribution in [-0.2, 0) is 11.2 Å². The number of hydrogen-bond donors (Lipinski definition) is 3. The SMILES string of the molecule is CCCCN(CC(N)=O)c1cc(NN)nc(CC)n1. The van der Waals surface area contributed by atoms with E-state index in [2.05, 4.69) is 22.3 Å². The maximum Gasteiger partial charge on any atom is 0.236 e. The van der Waals surface area contributed by atoms with Gasteiger partial charge in [0, 0.05) is 19.0 Å². The molecule has 7 nitrogen and oxygen atoms in total.